The van der Waals surface area contributed by atoms with E-state index >= 15 is 0 Å². The van der Waals surface area contributed by atoms with Crippen LogP contribution in [0, 0.1) is 6.92 Å². The minimum atomic E-state index is 0.789. The number of aryl methyl sites for hydroxylation is 1. The summed E-state index contributed by atoms with van der Waals surface area (Å²) in [5, 5.41) is 3.34. The van der Waals surface area contributed by atoms with Crippen LogP contribution in [0.1, 0.15) is 24.7 Å². The van der Waals surface area contributed by atoms with Crippen LogP contribution < -0.4 is 5.32 Å². The maximum Gasteiger partial charge on any atom is 0.135 e. The summed E-state index contributed by atoms with van der Waals surface area (Å²) < 4.78 is 6.92. The van der Waals surface area contributed by atoms with E-state index in [1.54, 1.807) is 0 Å². The van der Waals surface area contributed by atoms with Crippen molar-refractivity contribution in [1.82, 2.24) is 5.32 Å². The van der Waals surface area contributed by atoms with E-state index in [1.807, 2.05) is 12.1 Å². The van der Waals surface area contributed by atoms with Crippen molar-refractivity contribution in [2.75, 3.05) is 6.54 Å². The van der Waals surface area contributed by atoms with Gasteiger partial charge in [-0.1, -0.05) is 34.5 Å². The molecule has 1 N–H and O–H groups in total. The first-order chi connectivity index (χ1) is 8.70. The fraction of sp³-hybridized carbons (Fsp3) is 0.333. The molecular formula is C15H18BrNO. The average Bonchev–Trinajstić information content (AvgIpc) is 2.81. The van der Waals surface area contributed by atoms with Gasteiger partial charge in [-0.05, 0) is 44.2 Å². The van der Waals surface area contributed by atoms with Crippen molar-refractivity contribution >= 4 is 15.9 Å². The second kappa shape index (κ2) is 6.21. The lowest BCUT2D eigenvalue weighted by Crippen LogP contribution is -2.12. The van der Waals surface area contributed by atoms with Gasteiger partial charge in [-0.2, -0.15) is 0 Å². The van der Waals surface area contributed by atoms with E-state index in [0.717, 1.165) is 41.1 Å². The Bertz CT molecular complexity index is 519. The molecule has 0 bridgehead atoms. The normalized spacial score (nSPS) is 10.8. The largest absolute Gasteiger partial charge is 0.460 e. The molecule has 96 valence electrons. The first-order valence-corrected chi connectivity index (χ1v) is 7.06. The SMILES string of the molecule is CCCNCc1ccc(-c2cc(C)ccc2Br)o1. The second-order valence-electron chi connectivity index (χ2n) is 4.43. The zero-order chi connectivity index (χ0) is 13.0. The van der Waals surface area contributed by atoms with Crippen LogP contribution in [0.2, 0.25) is 0 Å². The summed E-state index contributed by atoms with van der Waals surface area (Å²) in [5.74, 6) is 1.89. The van der Waals surface area contributed by atoms with Crippen molar-refractivity contribution in [3.63, 3.8) is 0 Å². The molecule has 0 spiro atoms. The van der Waals surface area contributed by atoms with Gasteiger partial charge in [0.15, 0.2) is 0 Å². The molecule has 3 heteroatoms. The lowest BCUT2D eigenvalue weighted by Gasteiger charge is -2.03. The third-order valence-corrected chi connectivity index (χ3v) is 3.47. The van der Waals surface area contributed by atoms with E-state index in [9.17, 15) is 0 Å². The Labute approximate surface area is 117 Å². The molecule has 1 aromatic heterocycles. The Hall–Kier alpha value is -1.06. The van der Waals surface area contributed by atoms with Crippen LogP contribution in [0.5, 0.6) is 0 Å². The van der Waals surface area contributed by atoms with Gasteiger partial charge in [-0.15, -0.1) is 0 Å². The van der Waals surface area contributed by atoms with Crippen molar-refractivity contribution in [1.29, 1.82) is 0 Å². The van der Waals surface area contributed by atoms with Crippen molar-refractivity contribution in [2.45, 2.75) is 26.8 Å². The summed E-state index contributed by atoms with van der Waals surface area (Å²) in [6, 6.07) is 10.3. The van der Waals surface area contributed by atoms with E-state index in [2.05, 4.69) is 53.3 Å². The monoisotopic (exact) mass is 307 g/mol. The molecule has 0 amide bonds. The van der Waals surface area contributed by atoms with Gasteiger partial charge in [0.1, 0.15) is 11.5 Å². The lowest BCUT2D eigenvalue weighted by molar-refractivity contribution is 0.493. The van der Waals surface area contributed by atoms with Crippen molar-refractivity contribution in [3.8, 4) is 11.3 Å². The van der Waals surface area contributed by atoms with Crippen LogP contribution in [-0.4, -0.2) is 6.54 Å². The fourth-order valence-electron chi connectivity index (χ4n) is 1.83. The standard InChI is InChI=1S/C15H18BrNO/c1-3-8-17-10-12-5-7-15(18-12)13-9-11(2)4-6-14(13)16/h4-7,9,17H,3,8,10H2,1-2H3. The Morgan fingerprint density at radius 1 is 1.22 bits per heavy atom. The first kappa shape index (κ1) is 13.4. The number of benzene rings is 1. The minimum Gasteiger partial charge on any atom is -0.460 e. The van der Waals surface area contributed by atoms with E-state index in [-0.39, 0.29) is 0 Å². The van der Waals surface area contributed by atoms with E-state index in [0.29, 0.717) is 0 Å². The third-order valence-electron chi connectivity index (χ3n) is 2.77. The zero-order valence-electron chi connectivity index (χ0n) is 10.8. The molecule has 2 rings (SSSR count). The van der Waals surface area contributed by atoms with Crippen molar-refractivity contribution in [3.05, 3.63) is 46.1 Å². The van der Waals surface area contributed by atoms with E-state index in [1.165, 1.54) is 5.56 Å². The molecule has 0 atom stereocenters. The molecule has 2 nitrogen and oxygen atoms in total. The molecule has 0 saturated heterocycles. The van der Waals surface area contributed by atoms with Gasteiger partial charge in [0, 0.05) is 10.0 Å². The molecule has 0 aliphatic carbocycles. The van der Waals surface area contributed by atoms with Gasteiger partial charge >= 0.3 is 0 Å². The second-order valence-corrected chi connectivity index (χ2v) is 5.28. The fourth-order valence-corrected chi connectivity index (χ4v) is 2.28. The van der Waals surface area contributed by atoms with Gasteiger partial charge in [-0.3, -0.25) is 0 Å². The molecule has 18 heavy (non-hydrogen) atoms. The third kappa shape index (κ3) is 3.24. The molecule has 0 fully saturated rings. The Balaban J connectivity index is 2.16. The Kier molecular flexibility index (Phi) is 4.61. The smallest absolute Gasteiger partial charge is 0.135 e. The first-order valence-electron chi connectivity index (χ1n) is 6.26. The van der Waals surface area contributed by atoms with Crippen molar-refractivity contribution < 1.29 is 4.42 Å². The highest BCUT2D eigenvalue weighted by Crippen LogP contribution is 2.30. The maximum absolute atomic E-state index is 5.86. The topological polar surface area (TPSA) is 25.2 Å². The van der Waals surface area contributed by atoms with Gasteiger partial charge in [-0.25, -0.2) is 0 Å². The van der Waals surface area contributed by atoms with Crippen LogP contribution in [0.3, 0.4) is 0 Å². The maximum atomic E-state index is 5.86. The molecule has 0 saturated carbocycles. The molecule has 0 aliphatic rings. The number of hydrogen-bond acceptors (Lipinski definition) is 2. The highest BCUT2D eigenvalue weighted by molar-refractivity contribution is 9.10. The van der Waals surface area contributed by atoms with Crippen molar-refractivity contribution in [2.24, 2.45) is 0 Å². The number of halogens is 1. The van der Waals surface area contributed by atoms with Crippen LogP contribution in [-0.2, 0) is 6.54 Å². The highest BCUT2D eigenvalue weighted by Gasteiger charge is 2.08. The number of rotatable bonds is 5. The number of hydrogen-bond donors (Lipinski definition) is 1. The molecule has 1 heterocycles. The summed E-state index contributed by atoms with van der Waals surface area (Å²) in [6.07, 6.45) is 1.14. The summed E-state index contributed by atoms with van der Waals surface area (Å²) >= 11 is 3.56. The zero-order valence-corrected chi connectivity index (χ0v) is 12.4. The van der Waals surface area contributed by atoms with Gasteiger partial charge in [0.05, 0.1) is 6.54 Å². The molecular weight excluding hydrogens is 290 g/mol. The van der Waals surface area contributed by atoms with Crippen LogP contribution in [0.15, 0.2) is 39.2 Å². The molecule has 2 aromatic rings. The average molecular weight is 308 g/mol. The predicted molar refractivity (Wildman–Crippen MR) is 78.6 cm³/mol. The lowest BCUT2D eigenvalue weighted by atomic mass is 10.1. The molecule has 0 radical (unpaired) electrons. The Morgan fingerprint density at radius 2 is 2.06 bits per heavy atom. The number of nitrogens with one attached hydrogen (secondary N) is 1. The summed E-state index contributed by atoms with van der Waals surface area (Å²) in [4.78, 5) is 0. The van der Waals surface area contributed by atoms with Crippen LogP contribution >= 0.6 is 15.9 Å². The van der Waals surface area contributed by atoms with Gasteiger partial charge < -0.3 is 9.73 Å². The van der Waals surface area contributed by atoms with Crippen LogP contribution in [0.4, 0.5) is 0 Å². The summed E-state index contributed by atoms with van der Waals surface area (Å²) in [6.45, 7) is 6.05. The highest BCUT2D eigenvalue weighted by atomic mass is 79.9. The Morgan fingerprint density at radius 3 is 2.83 bits per heavy atom. The predicted octanol–water partition coefficient (Wildman–Crippen LogP) is 4.52. The quantitative estimate of drug-likeness (QED) is 0.822. The molecule has 0 unspecified atom stereocenters. The van der Waals surface area contributed by atoms with Crippen LogP contribution in [0.25, 0.3) is 11.3 Å². The van der Waals surface area contributed by atoms with Gasteiger partial charge in [0.25, 0.3) is 0 Å². The summed E-state index contributed by atoms with van der Waals surface area (Å²) in [7, 11) is 0. The van der Waals surface area contributed by atoms with E-state index < -0.39 is 0 Å². The van der Waals surface area contributed by atoms with Gasteiger partial charge in [0.2, 0.25) is 0 Å². The molecule has 0 aliphatic heterocycles. The van der Waals surface area contributed by atoms with E-state index in [4.69, 9.17) is 4.42 Å². The summed E-state index contributed by atoms with van der Waals surface area (Å²) in [5.41, 5.74) is 2.34. The minimum absolute atomic E-state index is 0.789. The molecule has 1 aromatic carbocycles. The number of furan rings is 1.